The van der Waals surface area contributed by atoms with Crippen LogP contribution in [0, 0.1) is 13.8 Å². The van der Waals surface area contributed by atoms with E-state index in [0.29, 0.717) is 0 Å². The maximum atomic E-state index is 3.47. The average Bonchev–Trinajstić information content (AvgIpc) is 2.92. The second-order valence-corrected chi connectivity index (χ2v) is 6.81. The first-order valence-corrected chi connectivity index (χ1v) is 8.32. The molecule has 0 aliphatic heterocycles. The quantitative estimate of drug-likeness (QED) is 0.882. The number of aryl methyl sites for hydroxylation is 2. The van der Waals surface area contributed by atoms with Crippen molar-refractivity contribution in [3.05, 3.63) is 64.2 Å². The Balaban J connectivity index is 1.72. The molecule has 0 saturated heterocycles. The van der Waals surface area contributed by atoms with Gasteiger partial charge in [-0.05, 0) is 74.3 Å². The fraction of sp³-hybridized carbons (Fsp3) is 0.333. The Bertz CT molecular complexity index is 724. The summed E-state index contributed by atoms with van der Waals surface area (Å²) in [5, 5.41) is 3.47. The molecule has 23 heavy (non-hydrogen) atoms. The molecule has 1 N–H and O–H groups in total. The summed E-state index contributed by atoms with van der Waals surface area (Å²) in [5.41, 5.74) is 9.57. The molecule has 0 aromatic heterocycles. The van der Waals surface area contributed by atoms with Crippen LogP contribution in [0.2, 0.25) is 0 Å². The van der Waals surface area contributed by atoms with Gasteiger partial charge in [0.05, 0.1) is 0 Å². The van der Waals surface area contributed by atoms with E-state index in [1.807, 2.05) is 0 Å². The van der Waals surface area contributed by atoms with Crippen LogP contribution in [0.3, 0.4) is 0 Å². The summed E-state index contributed by atoms with van der Waals surface area (Å²) < 4.78 is 0. The molecule has 2 nitrogen and oxygen atoms in total. The van der Waals surface area contributed by atoms with Gasteiger partial charge in [-0.3, -0.25) is 0 Å². The summed E-state index contributed by atoms with van der Waals surface area (Å²) in [7, 11) is 4.19. The number of allylic oxidation sites excluding steroid dienone is 1. The zero-order valence-corrected chi connectivity index (χ0v) is 14.6. The molecule has 1 aliphatic rings. The maximum absolute atomic E-state index is 3.47. The minimum Gasteiger partial charge on any atom is -0.384 e. The van der Waals surface area contributed by atoms with Gasteiger partial charge in [-0.1, -0.05) is 35.9 Å². The molecule has 0 bridgehead atoms. The Morgan fingerprint density at radius 1 is 1.04 bits per heavy atom. The lowest BCUT2D eigenvalue weighted by Crippen LogP contribution is -2.20. The molecule has 0 atom stereocenters. The molecule has 2 aromatic carbocycles. The van der Waals surface area contributed by atoms with Gasteiger partial charge < -0.3 is 10.2 Å². The molecule has 0 unspecified atom stereocenters. The Morgan fingerprint density at radius 2 is 1.78 bits per heavy atom. The standard InChI is InChI=1S/C21H26N2/c1-15-11-16(2)21-14-18(13-19(21)12-15)17-5-7-20(8-6-17)22-9-10-23(3)4/h5-8,11-12,14,22H,9-10,13H2,1-4H3. The van der Waals surface area contributed by atoms with Crippen molar-refractivity contribution >= 4 is 17.3 Å². The van der Waals surface area contributed by atoms with Crippen molar-refractivity contribution in [3.63, 3.8) is 0 Å². The first-order valence-electron chi connectivity index (χ1n) is 8.32. The van der Waals surface area contributed by atoms with Crippen molar-refractivity contribution in [2.24, 2.45) is 0 Å². The highest BCUT2D eigenvalue weighted by atomic mass is 15.1. The maximum Gasteiger partial charge on any atom is 0.0341 e. The van der Waals surface area contributed by atoms with Crippen LogP contribution in [0.4, 0.5) is 5.69 Å². The Kier molecular flexibility index (Phi) is 4.53. The first kappa shape index (κ1) is 15.8. The van der Waals surface area contributed by atoms with Crippen LogP contribution in [0.25, 0.3) is 11.6 Å². The third kappa shape index (κ3) is 3.65. The number of likely N-dealkylation sites (N-methyl/N-ethyl adjacent to an activating group) is 1. The second kappa shape index (κ2) is 6.59. The van der Waals surface area contributed by atoms with Gasteiger partial charge in [0.25, 0.3) is 0 Å². The minimum atomic E-state index is 0.971. The second-order valence-electron chi connectivity index (χ2n) is 6.81. The van der Waals surface area contributed by atoms with E-state index < -0.39 is 0 Å². The summed E-state index contributed by atoms with van der Waals surface area (Å²) in [6.45, 7) is 6.41. The topological polar surface area (TPSA) is 15.3 Å². The van der Waals surface area contributed by atoms with Crippen molar-refractivity contribution in [1.82, 2.24) is 4.90 Å². The SMILES string of the molecule is Cc1cc(C)c2c(c1)CC(c1ccc(NCCN(C)C)cc1)=C2. The number of hydrogen-bond donors (Lipinski definition) is 1. The monoisotopic (exact) mass is 306 g/mol. The Hall–Kier alpha value is -2.06. The van der Waals surface area contributed by atoms with Gasteiger partial charge in [-0.25, -0.2) is 0 Å². The largest absolute Gasteiger partial charge is 0.384 e. The highest BCUT2D eigenvalue weighted by Gasteiger charge is 2.16. The lowest BCUT2D eigenvalue weighted by atomic mass is 10.0. The molecule has 0 spiro atoms. The minimum absolute atomic E-state index is 0.971. The van der Waals surface area contributed by atoms with Crippen molar-refractivity contribution in [1.29, 1.82) is 0 Å². The van der Waals surface area contributed by atoms with Crippen molar-refractivity contribution in [2.45, 2.75) is 20.3 Å². The summed E-state index contributed by atoms with van der Waals surface area (Å²) in [4.78, 5) is 2.19. The van der Waals surface area contributed by atoms with Crippen LogP contribution in [0.15, 0.2) is 36.4 Å². The summed E-state index contributed by atoms with van der Waals surface area (Å²) >= 11 is 0. The van der Waals surface area contributed by atoms with E-state index >= 15 is 0 Å². The van der Waals surface area contributed by atoms with Crippen LogP contribution in [0.5, 0.6) is 0 Å². The number of hydrogen-bond acceptors (Lipinski definition) is 2. The smallest absolute Gasteiger partial charge is 0.0341 e. The Morgan fingerprint density at radius 3 is 2.48 bits per heavy atom. The van der Waals surface area contributed by atoms with E-state index in [1.165, 1.54) is 39.1 Å². The molecule has 120 valence electrons. The zero-order valence-electron chi connectivity index (χ0n) is 14.6. The van der Waals surface area contributed by atoms with Gasteiger partial charge in [0.1, 0.15) is 0 Å². The number of benzene rings is 2. The lowest BCUT2D eigenvalue weighted by Gasteiger charge is -2.12. The van der Waals surface area contributed by atoms with Crippen LogP contribution in [-0.4, -0.2) is 32.1 Å². The average molecular weight is 306 g/mol. The van der Waals surface area contributed by atoms with E-state index in [0.717, 1.165) is 19.5 Å². The highest BCUT2D eigenvalue weighted by molar-refractivity contribution is 5.89. The molecule has 0 fully saturated rings. The van der Waals surface area contributed by atoms with Crippen molar-refractivity contribution in [2.75, 3.05) is 32.5 Å². The summed E-state index contributed by atoms with van der Waals surface area (Å²) in [6, 6.07) is 13.4. The third-order valence-electron chi connectivity index (χ3n) is 4.46. The van der Waals surface area contributed by atoms with Crippen LogP contribution < -0.4 is 5.32 Å². The predicted molar refractivity (Wildman–Crippen MR) is 101 cm³/mol. The van der Waals surface area contributed by atoms with E-state index in [4.69, 9.17) is 0 Å². The number of rotatable bonds is 5. The molecule has 0 heterocycles. The molecule has 0 saturated carbocycles. The number of anilines is 1. The fourth-order valence-electron chi connectivity index (χ4n) is 3.26. The van der Waals surface area contributed by atoms with E-state index in [9.17, 15) is 0 Å². The number of fused-ring (bicyclic) bond motifs is 1. The number of nitrogens with zero attached hydrogens (tertiary/aromatic N) is 1. The zero-order chi connectivity index (χ0) is 16.4. The normalized spacial score (nSPS) is 13.2. The molecule has 2 aromatic rings. The molecule has 3 rings (SSSR count). The van der Waals surface area contributed by atoms with Gasteiger partial charge in [0, 0.05) is 18.8 Å². The van der Waals surface area contributed by atoms with E-state index in [2.05, 4.69) is 80.6 Å². The first-order chi connectivity index (χ1) is 11.0. The number of nitrogens with one attached hydrogen (secondary N) is 1. The molecule has 2 heteroatoms. The van der Waals surface area contributed by atoms with Gasteiger partial charge in [-0.2, -0.15) is 0 Å². The van der Waals surface area contributed by atoms with Crippen molar-refractivity contribution < 1.29 is 0 Å². The van der Waals surface area contributed by atoms with Crippen LogP contribution in [0.1, 0.15) is 27.8 Å². The van der Waals surface area contributed by atoms with Gasteiger partial charge in [0.2, 0.25) is 0 Å². The third-order valence-corrected chi connectivity index (χ3v) is 4.46. The van der Waals surface area contributed by atoms with Crippen LogP contribution >= 0.6 is 0 Å². The highest BCUT2D eigenvalue weighted by Crippen LogP contribution is 2.34. The van der Waals surface area contributed by atoms with Gasteiger partial charge in [-0.15, -0.1) is 0 Å². The molecular formula is C21H26N2. The fourth-order valence-corrected chi connectivity index (χ4v) is 3.26. The summed E-state index contributed by atoms with van der Waals surface area (Å²) in [5.74, 6) is 0. The van der Waals surface area contributed by atoms with E-state index in [-0.39, 0.29) is 0 Å². The Labute approximate surface area is 139 Å². The van der Waals surface area contributed by atoms with Gasteiger partial charge >= 0.3 is 0 Å². The van der Waals surface area contributed by atoms with Gasteiger partial charge in [0.15, 0.2) is 0 Å². The molecule has 0 amide bonds. The van der Waals surface area contributed by atoms with E-state index in [1.54, 1.807) is 0 Å². The van der Waals surface area contributed by atoms with Crippen molar-refractivity contribution in [3.8, 4) is 0 Å². The predicted octanol–water partition coefficient (Wildman–Crippen LogP) is 4.37. The lowest BCUT2D eigenvalue weighted by molar-refractivity contribution is 0.425. The summed E-state index contributed by atoms with van der Waals surface area (Å²) in [6.07, 6.45) is 3.41. The molecule has 0 radical (unpaired) electrons. The molecular weight excluding hydrogens is 280 g/mol. The van der Waals surface area contributed by atoms with Crippen LogP contribution in [-0.2, 0) is 6.42 Å². The molecule has 1 aliphatic carbocycles.